The van der Waals surface area contributed by atoms with Crippen molar-refractivity contribution in [2.45, 2.75) is 32.4 Å². The van der Waals surface area contributed by atoms with Crippen molar-refractivity contribution in [3.63, 3.8) is 0 Å². The SMILES string of the molecule is COC1C2CCC1CN(C(=O)Cn1c(=O)c(C)nc3ccccc31)C2. The Kier molecular flexibility index (Phi) is 4.07. The number of carbonyl (C=O) groups is 1. The van der Waals surface area contributed by atoms with Gasteiger partial charge in [-0.15, -0.1) is 0 Å². The maximum absolute atomic E-state index is 12.9. The fourth-order valence-electron chi connectivity index (χ4n) is 4.47. The molecule has 1 aromatic heterocycles. The molecule has 2 aliphatic rings. The number of benzene rings is 1. The third-order valence-electron chi connectivity index (χ3n) is 5.68. The molecule has 0 spiro atoms. The first-order valence-corrected chi connectivity index (χ1v) is 8.85. The molecule has 1 saturated carbocycles. The van der Waals surface area contributed by atoms with Gasteiger partial charge in [-0.25, -0.2) is 4.98 Å². The van der Waals surface area contributed by atoms with Crippen molar-refractivity contribution < 1.29 is 9.53 Å². The van der Waals surface area contributed by atoms with E-state index in [4.69, 9.17) is 4.74 Å². The zero-order chi connectivity index (χ0) is 17.6. The number of hydrogen-bond acceptors (Lipinski definition) is 4. The lowest BCUT2D eigenvalue weighted by Crippen LogP contribution is -2.49. The van der Waals surface area contributed by atoms with E-state index in [-0.39, 0.29) is 24.1 Å². The zero-order valence-corrected chi connectivity index (χ0v) is 14.6. The molecule has 1 aliphatic carbocycles. The van der Waals surface area contributed by atoms with Gasteiger partial charge in [-0.3, -0.25) is 14.2 Å². The molecule has 0 radical (unpaired) electrons. The molecule has 1 aliphatic heterocycles. The van der Waals surface area contributed by atoms with Crippen LogP contribution in [0.4, 0.5) is 0 Å². The van der Waals surface area contributed by atoms with E-state index in [2.05, 4.69) is 4.98 Å². The number of aromatic nitrogens is 2. The number of likely N-dealkylation sites (tertiary alicyclic amines) is 1. The molecule has 0 N–H and O–H groups in total. The molecule has 2 aromatic rings. The van der Waals surface area contributed by atoms with Gasteiger partial charge < -0.3 is 9.64 Å². The second kappa shape index (κ2) is 6.26. The summed E-state index contributed by atoms with van der Waals surface area (Å²) in [6, 6.07) is 7.47. The first kappa shape index (κ1) is 16.3. The molecule has 132 valence electrons. The number of para-hydroxylation sites is 2. The smallest absolute Gasteiger partial charge is 0.272 e. The maximum Gasteiger partial charge on any atom is 0.272 e. The van der Waals surface area contributed by atoms with Gasteiger partial charge in [0.15, 0.2) is 0 Å². The van der Waals surface area contributed by atoms with Crippen LogP contribution in [0.15, 0.2) is 29.1 Å². The summed E-state index contributed by atoms with van der Waals surface area (Å²) >= 11 is 0. The zero-order valence-electron chi connectivity index (χ0n) is 14.6. The van der Waals surface area contributed by atoms with E-state index in [0.717, 1.165) is 31.4 Å². The van der Waals surface area contributed by atoms with E-state index in [1.54, 1.807) is 18.6 Å². The number of aryl methyl sites for hydroxylation is 1. The Morgan fingerprint density at radius 3 is 2.60 bits per heavy atom. The summed E-state index contributed by atoms with van der Waals surface area (Å²) in [6.45, 7) is 3.22. The van der Waals surface area contributed by atoms with Crippen molar-refractivity contribution >= 4 is 16.9 Å². The van der Waals surface area contributed by atoms with Crippen LogP contribution in [0.3, 0.4) is 0 Å². The van der Waals surface area contributed by atoms with Gasteiger partial charge in [-0.05, 0) is 31.9 Å². The van der Waals surface area contributed by atoms with Crippen LogP contribution in [0.5, 0.6) is 0 Å². The number of amides is 1. The first-order valence-electron chi connectivity index (χ1n) is 8.85. The molecule has 25 heavy (non-hydrogen) atoms. The van der Waals surface area contributed by atoms with Crippen LogP contribution < -0.4 is 5.56 Å². The summed E-state index contributed by atoms with van der Waals surface area (Å²) in [5, 5.41) is 0. The maximum atomic E-state index is 12.9. The third-order valence-corrected chi connectivity index (χ3v) is 5.68. The highest BCUT2D eigenvalue weighted by Crippen LogP contribution is 2.38. The number of carbonyl (C=O) groups excluding carboxylic acids is 1. The predicted octanol–water partition coefficient (Wildman–Crippen LogP) is 1.59. The highest BCUT2D eigenvalue weighted by Gasteiger charge is 2.43. The van der Waals surface area contributed by atoms with Crippen molar-refractivity contribution in [3.05, 3.63) is 40.3 Å². The number of fused-ring (bicyclic) bond motifs is 3. The first-order chi connectivity index (χ1) is 12.1. The summed E-state index contributed by atoms with van der Waals surface area (Å²) in [5.41, 5.74) is 1.68. The number of piperidine rings is 1. The molecule has 2 bridgehead atoms. The van der Waals surface area contributed by atoms with Crippen molar-refractivity contribution in [1.29, 1.82) is 0 Å². The second-order valence-electron chi connectivity index (χ2n) is 7.17. The summed E-state index contributed by atoms with van der Waals surface area (Å²) < 4.78 is 7.18. The molecule has 1 amide bonds. The Labute approximate surface area is 146 Å². The highest BCUT2D eigenvalue weighted by molar-refractivity contribution is 5.80. The molecule has 6 nitrogen and oxygen atoms in total. The molecule has 2 atom stereocenters. The highest BCUT2D eigenvalue weighted by atomic mass is 16.5. The van der Waals surface area contributed by atoms with Crippen LogP contribution in [-0.4, -0.2) is 46.7 Å². The lowest BCUT2D eigenvalue weighted by Gasteiger charge is -2.37. The van der Waals surface area contributed by atoms with E-state index < -0.39 is 0 Å². The van der Waals surface area contributed by atoms with Crippen molar-refractivity contribution in [1.82, 2.24) is 14.5 Å². The van der Waals surface area contributed by atoms with E-state index in [9.17, 15) is 9.59 Å². The number of rotatable bonds is 3. The molecule has 6 heteroatoms. The van der Waals surface area contributed by atoms with E-state index in [1.165, 1.54) is 0 Å². The number of methoxy groups -OCH3 is 1. The minimum atomic E-state index is -0.193. The van der Waals surface area contributed by atoms with Crippen molar-refractivity contribution in [3.8, 4) is 0 Å². The van der Waals surface area contributed by atoms with Crippen LogP contribution in [0, 0.1) is 18.8 Å². The van der Waals surface area contributed by atoms with Gasteiger partial charge >= 0.3 is 0 Å². The minimum Gasteiger partial charge on any atom is -0.381 e. The molecule has 2 unspecified atom stereocenters. The van der Waals surface area contributed by atoms with Gasteiger partial charge in [0.2, 0.25) is 5.91 Å². The van der Waals surface area contributed by atoms with Gasteiger partial charge in [0.1, 0.15) is 12.2 Å². The van der Waals surface area contributed by atoms with Gasteiger partial charge in [0.25, 0.3) is 5.56 Å². The van der Waals surface area contributed by atoms with Crippen LogP contribution >= 0.6 is 0 Å². The van der Waals surface area contributed by atoms with Crippen LogP contribution in [0.1, 0.15) is 18.5 Å². The Morgan fingerprint density at radius 1 is 1.24 bits per heavy atom. The van der Waals surface area contributed by atoms with E-state index >= 15 is 0 Å². The largest absolute Gasteiger partial charge is 0.381 e. The molecular formula is C19H23N3O3. The summed E-state index contributed by atoms with van der Waals surface area (Å²) in [6.07, 6.45) is 2.50. The number of hydrogen-bond donors (Lipinski definition) is 0. The quantitative estimate of drug-likeness (QED) is 0.850. The molecular weight excluding hydrogens is 318 g/mol. The van der Waals surface area contributed by atoms with Gasteiger partial charge in [-0.2, -0.15) is 0 Å². The Bertz CT molecular complexity index is 862. The predicted molar refractivity (Wildman–Crippen MR) is 94.3 cm³/mol. The molecule has 4 rings (SSSR count). The van der Waals surface area contributed by atoms with Crippen LogP contribution in [0.25, 0.3) is 11.0 Å². The monoisotopic (exact) mass is 341 g/mol. The lowest BCUT2D eigenvalue weighted by molar-refractivity contribution is -0.137. The fraction of sp³-hybridized carbons (Fsp3) is 0.526. The Balaban J connectivity index is 1.61. The number of nitrogens with zero attached hydrogens (tertiary/aromatic N) is 3. The number of ether oxygens (including phenoxy) is 1. The Hall–Kier alpha value is -2.21. The molecule has 1 saturated heterocycles. The average Bonchev–Trinajstić information content (AvgIpc) is 2.86. The van der Waals surface area contributed by atoms with E-state index in [0.29, 0.717) is 23.0 Å². The topological polar surface area (TPSA) is 64.4 Å². The van der Waals surface area contributed by atoms with Crippen molar-refractivity contribution in [2.24, 2.45) is 11.8 Å². The standard InChI is InChI=1S/C19H23N3O3/c1-12-19(24)22(16-6-4-3-5-15(16)20-12)11-17(23)21-9-13-7-8-14(10-21)18(13)25-2/h3-6,13-14,18H,7-11H2,1-2H3. The summed E-state index contributed by atoms with van der Waals surface area (Å²) in [7, 11) is 1.76. The average molecular weight is 341 g/mol. The second-order valence-corrected chi connectivity index (χ2v) is 7.17. The van der Waals surface area contributed by atoms with Gasteiger partial charge in [0, 0.05) is 32.0 Å². The molecule has 2 fully saturated rings. The van der Waals surface area contributed by atoms with E-state index in [1.807, 2.05) is 29.2 Å². The Morgan fingerprint density at radius 2 is 1.92 bits per heavy atom. The fourth-order valence-corrected chi connectivity index (χ4v) is 4.47. The third kappa shape index (κ3) is 2.74. The lowest BCUT2D eigenvalue weighted by atomic mass is 9.95. The van der Waals surface area contributed by atoms with Crippen LogP contribution in [-0.2, 0) is 16.1 Å². The minimum absolute atomic E-state index is 0.00399. The van der Waals surface area contributed by atoms with Gasteiger partial charge in [0.05, 0.1) is 17.1 Å². The molecule has 2 heterocycles. The normalized spacial score (nSPS) is 25.5. The molecule has 1 aromatic carbocycles. The summed E-state index contributed by atoms with van der Waals surface area (Å²) in [4.78, 5) is 31.7. The van der Waals surface area contributed by atoms with Crippen molar-refractivity contribution in [2.75, 3.05) is 20.2 Å². The van der Waals surface area contributed by atoms with Gasteiger partial charge in [-0.1, -0.05) is 12.1 Å². The van der Waals surface area contributed by atoms with Crippen LogP contribution in [0.2, 0.25) is 0 Å². The summed E-state index contributed by atoms with van der Waals surface area (Å²) in [5.74, 6) is 0.838.